The van der Waals surface area contributed by atoms with Crippen LogP contribution in [0.25, 0.3) is 6.08 Å². The molecule has 0 unspecified atom stereocenters. The lowest BCUT2D eigenvalue weighted by Gasteiger charge is -2.23. The molecule has 0 saturated heterocycles. The van der Waals surface area contributed by atoms with Crippen molar-refractivity contribution in [3.63, 3.8) is 0 Å². The fraction of sp³-hybridized carbons (Fsp3) is 0.217. The lowest BCUT2D eigenvalue weighted by atomic mass is 10.1. The Labute approximate surface area is 166 Å². The van der Waals surface area contributed by atoms with Crippen molar-refractivity contribution in [3.8, 4) is 0 Å². The molecule has 5 heteroatoms. The topological polar surface area (TPSA) is 64.2 Å². The molecule has 3 aromatic rings. The van der Waals surface area contributed by atoms with Gasteiger partial charge in [0.1, 0.15) is 0 Å². The van der Waals surface area contributed by atoms with Crippen LogP contribution in [0.1, 0.15) is 29.3 Å². The third-order valence-electron chi connectivity index (χ3n) is 4.50. The summed E-state index contributed by atoms with van der Waals surface area (Å²) in [5.74, 6) is 0.0199. The quantitative estimate of drug-likeness (QED) is 0.604. The molecule has 3 rings (SSSR count). The van der Waals surface area contributed by atoms with Gasteiger partial charge in [-0.25, -0.2) is 4.98 Å². The van der Waals surface area contributed by atoms with E-state index in [1.807, 2.05) is 33.9 Å². The molecular weight excluding hydrogens is 348 g/mol. The van der Waals surface area contributed by atoms with E-state index in [-0.39, 0.29) is 5.91 Å². The van der Waals surface area contributed by atoms with Crippen LogP contribution in [0, 0.1) is 0 Å². The predicted octanol–water partition coefficient (Wildman–Crippen LogP) is 4.10. The van der Waals surface area contributed by atoms with Crippen molar-refractivity contribution in [2.45, 2.75) is 19.9 Å². The molecule has 0 aliphatic rings. The van der Waals surface area contributed by atoms with E-state index in [4.69, 9.17) is 5.73 Å². The Morgan fingerprint density at radius 2 is 1.89 bits per heavy atom. The van der Waals surface area contributed by atoms with Gasteiger partial charge in [-0.2, -0.15) is 0 Å². The summed E-state index contributed by atoms with van der Waals surface area (Å²) in [5.41, 5.74) is 9.35. The zero-order chi connectivity index (χ0) is 19.8. The fourth-order valence-electron chi connectivity index (χ4n) is 3.10. The van der Waals surface area contributed by atoms with Crippen LogP contribution in [0.2, 0.25) is 0 Å². The monoisotopic (exact) mass is 374 g/mol. The van der Waals surface area contributed by atoms with Gasteiger partial charge in [0.2, 0.25) is 0 Å². The molecule has 1 amide bonds. The average molecular weight is 374 g/mol. The molecule has 144 valence electrons. The van der Waals surface area contributed by atoms with Gasteiger partial charge in [0.15, 0.2) is 0 Å². The second kappa shape index (κ2) is 9.55. The van der Waals surface area contributed by atoms with Crippen molar-refractivity contribution in [3.05, 3.63) is 90.0 Å². The van der Waals surface area contributed by atoms with Crippen LogP contribution >= 0.6 is 0 Å². The van der Waals surface area contributed by atoms with Gasteiger partial charge in [0, 0.05) is 43.3 Å². The number of hydrogen-bond donors (Lipinski definition) is 1. The van der Waals surface area contributed by atoms with Crippen molar-refractivity contribution in [2.75, 3.05) is 18.8 Å². The molecule has 1 heterocycles. The summed E-state index contributed by atoms with van der Waals surface area (Å²) in [5, 5.41) is 0. The van der Waals surface area contributed by atoms with Gasteiger partial charge < -0.3 is 15.2 Å². The number of rotatable bonds is 8. The van der Waals surface area contributed by atoms with Gasteiger partial charge in [-0.15, -0.1) is 0 Å². The standard InChI is InChI=1S/C23H26N4O/c1-19(16-20-6-3-2-4-7-20)17-27(14-5-13-26-15-12-25-18-26)23(28)21-8-10-22(24)11-9-21/h2-4,6-12,15-16,18H,5,13-14,17,24H2,1H3/b19-16+. The number of anilines is 1. The van der Waals surface area contributed by atoms with Crippen molar-refractivity contribution in [1.82, 2.24) is 14.5 Å². The normalized spacial score (nSPS) is 11.4. The molecule has 0 bridgehead atoms. The van der Waals surface area contributed by atoms with Crippen LogP contribution in [-0.2, 0) is 6.54 Å². The zero-order valence-electron chi connectivity index (χ0n) is 16.2. The molecule has 0 fully saturated rings. The van der Waals surface area contributed by atoms with Crippen LogP contribution in [0.15, 0.2) is 78.9 Å². The van der Waals surface area contributed by atoms with Crippen LogP contribution < -0.4 is 5.73 Å². The number of nitrogens with two attached hydrogens (primary N) is 1. The number of imidazole rings is 1. The first-order valence-corrected chi connectivity index (χ1v) is 9.44. The largest absolute Gasteiger partial charge is 0.399 e. The van der Waals surface area contributed by atoms with Crippen LogP contribution in [0.3, 0.4) is 0 Å². The third kappa shape index (κ3) is 5.58. The Hall–Kier alpha value is -3.34. The minimum Gasteiger partial charge on any atom is -0.399 e. The molecule has 0 aliphatic heterocycles. The molecule has 2 aromatic carbocycles. The summed E-state index contributed by atoms with van der Waals surface area (Å²) < 4.78 is 2.03. The lowest BCUT2D eigenvalue weighted by molar-refractivity contribution is 0.0766. The number of aromatic nitrogens is 2. The summed E-state index contributed by atoms with van der Waals surface area (Å²) >= 11 is 0. The van der Waals surface area contributed by atoms with E-state index in [0.29, 0.717) is 24.3 Å². The van der Waals surface area contributed by atoms with E-state index in [9.17, 15) is 4.79 Å². The van der Waals surface area contributed by atoms with Gasteiger partial charge >= 0.3 is 0 Å². The maximum Gasteiger partial charge on any atom is 0.254 e. The van der Waals surface area contributed by atoms with E-state index in [1.54, 1.807) is 36.8 Å². The number of aryl methyl sites for hydroxylation is 1. The van der Waals surface area contributed by atoms with Crippen LogP contribution in [-0.4, -0.2) is 33.4 Å². The first kappa shape index (κ1) is 19.4. The number of amides is 1. The number of nitrogen functional groups attached to an aromatic ring is 1. The van der Waals surface area contributed by atoms with E-state index in [0.717, 1.165) is 24.1 Å². The molecule has 1 aromatic heterocycles. The van der Waals surface area contributed by atoms with Crippen molar-refractivity contribution in [2.24, 2.45) is 0 Å². The highest BCUT2D eigenvalue weighted by Crippen LogP contribution is 2.13. The highest BCUT2D eigenvalue weighted by atomic mass is 16.2. The number of carbonyl (C=O) groups excluding carboxylic acids is 1. The van der Waals surface area contributed by atoms with E-state index in [1.165, 1.54) is 0 Å². The highest BCUT2D eigenvalue weighted by Gasteiger charge is 2.16. The Morgan fingerprint density at radius 1 is 1.14 bits per heavy atom. The Morgan fingerprint density at radius 3 is 2.57 bits per heavy atom. The van der Waals surface area contributed by atoms with E-state index >= 15 is 0 Å². The number of carbonyl (C=O) groups is 1. The molecule has 0 aliphatic carbocycles. The van der Waals surface area contributed by atoms with Crippen LogP contribution in [0.4, 0.5) is 5.69 Å². The maximum absolute atomic E-state index is 13.1. The molecule has 5 nitrogen and oxygen atoms in total. The molecule has 0 radical (unpaired) electrons. The SMILES string of the molecule is C/C(=C\c1ccccc1)CN(CCCn1ccnc1)C(=O)c1ccc(N)cc1. The van der Waals surface area contributed by atoms with Crippen molar-refractivity contribution in [1.29, 1.82) is 0 Å². The Kier molecular flexibility index (Phi) is 6.63. The van der Waals surface area contributed by atoms with E-state index in [2.05, 4.69) is 30.1 Å². The molecular formula is C23H26N4O. The Bertz CT molecular complexity index is 900. The minimum absolute atomic E-state index is 0.0199. The number of hydrogen-bond acceptors (Lipinski definition) is 3. The van der Waals surface area contributed by atoms with E-state index < -0.39 is 0 Å². The summed E-state index contributed by atoms with van der Waals surface area (Å²) in [4.78, 5) is 19.0. The van der Waals surface area contributed by atoms with Crippen molar-refractivity contribution < 1.29 is 4.79 Å². The summed E-state index contributed by atoms with van der Waals surface area (Å²) in [6, 6.07) is 17.3. The summed E-state index contributed by atoms with van der Waals surface area (Å²) in [6.07, 6.45) is 8.48. The fourth-order valence-corrected chi connectivity index (χ4v) is 3.10. The average Bonchev–Trinajstić information content (AvgIpc) is 3.21. The smallest absolute Gasteiger partial charge is 0.254 e. The number of benzene rings is 2. The highest BCUT2D eigenvalue weighted by molar-refractivity contribution is 5.94. The maximum atomic E-state index is 13.1. The van der Waals surface area contributed by atoms with Gasteiger partial charge in [-0.3, -0.25) is 4.79 Å². The van der Waals surface area contributed by atoms with Crippen LogP contribution in [0.5, 0.6) is 0 Å². The van der Waals surface area contributed by atoms with Gasteiger partial charge in [-0.1, -0.05) is 42.0 Å². The number of nitrogens with zero attached hydrogens (tertiary/aromatic N) is 3. The first-order chi connectivity index (χ1) is 13.6. The van der Waals surface area contributed by atoms with Gasteiger partial charge in [0.25, 0.3) is 5.91 Å². The molecule has 28 heavy (non-hydrogen) atoms. The molecule has 2 N–H and O–H groups in total. The second-order valence-electron chi connectivity index (χ2n) is 6.90. The molecule has 0 saturated carbocycles. The second-order valence-corrected chi connectivity index (χ2v) is 6.90. The minimum atomic E-state index is 0.0199. The Balaban J connectivity index is 1.71. The molecule has 0 atom stereocenters. The zero-order valence-corrected chi connectivity index (χ0v) is 16.2. The summed E-state index contributed by atoms with van der Waals surface area (Å²) in [6.45, 7) is 4.14. The molecule has 0 spiro atoms. The van der Waals surface area contributed by atoms with Gasteiger partial charge in [0.05, 0.1) is 6.33 Å². The summed E-state index contributed by atoms with van der Waals surface area (Å²) in [7, 11) is 0. The third-order valence-corrected chi connectivity index (χ3v) is 4.50. The lowest BCUT2D eigenvalue weighted by Crippen LogP contribution is -2.34. The first-order valence-electron chi connectivity index (χ1n) is 9.44. The van der Waals surface area contributed by atoms with Crippen molar-refractivity contribution >= 4 is 17.7 Å². The van der Waals surface area contributed by atoms with Gasteiger partial charge in [-0.05, 0) is 43.2 Å². The predicted molar refractivity (Wildman–Crippen MR) is 114 cm³/mol.